The Hall–Kier alpha value is -3.62. The number of benzene rings is 1. The van der Waals surface area contributed by atoms with Gasteiger partial charge in [0.05, 0.1) is 17.8 Å². The van der Waals surface area contributed by atoms with Gasteiger partial charge >= 0.3 is 0 Å². The molecule has 1 aliphatic heterocycles. The van der Waals surface area contributed by atoms with Crippen LogP contribution in [0.5, 0.6) is 0 Å². The van der Waals surface area contributed by atoms with Gasteiger partial charge in [-0.05, 0) is 37.1 Å². The summed E-state index contributed by atoms with van der Waals surface area (Å²) in [7, 11) is 0. The van der Waals surface area contributed by atoms with Gasteiger partial charge in [-0.15, -0.1) is 0 Å². The van der Waals surface area contributed by atoms with Crippen LogP contribution in [0.2, 0.25) is 0 Å². The molecule has 160 valence electrons. The Balaban J connectivity index is 1.30. The summed E-state index contributed by atoms with van der Waals surface area (Å²) < 4.78 is 28.6. The molecule has 0 spiro atoms. The molecule has 7 nitrogen and oxygen atoms in total. The fourth-order valence-corrected chi connectivity index (χ4v) is 3.58. The number of carbonyl (C=O) groups excluding carboxylic acids is 2. The molecular formula is C22H21F2N5O2. The minimum atomic E-state index is -0.883. The van der Waals surface area contributed by atoms with Crippen molar-refractivity contribution >= 4 is 17.6 Å². The van der Waals surface area contributed by atoms with Crippen LogP contribution in [0.25, 0.3) is 0 Å². The largest absolute Gasteiger partial charge is 0.339 e. The molecule has 1 fully saturated rings. The first-order valence-corrected chi connectivity index (χ1v) is 9.98. The van der Waals surface area contributed by atoms with E-state index in [0.717, 1.165) is 17.8 Å². The summed E-state index contributed by atoms with van der Waals surface area (Å²) >= 11 is 0. The van der Waals surface area contributed by atoms with Crippen LogP contribution in [0.3, 0.4) is 0 Å². The standard InChI is InChI=1S/C22H21F2N5O2/c23-16-4-5-18(19(24)13-16)22(31)28-10-6-15(7-11-28)21(30)26-20-8-12-29(27-20)14-17-3-1-2-9-25-17/h1-5,8-9,12-13,15H,6-7,10-11,14H2,(H,26,27,30). The maximum absolute atomic E-state index is 13.9. The van der Waals surface area contributed by atoms with Gasteiger partial charge < -0.3 is 10.2 Å². The van der Waals surface area contributed by atoms with E-state index in [1.165, 1.54) is 4.90 Å². The van der Waals surface area contributed by atoms with Crippen molar-refractivity contribution in [1.82, 2.24) is 19.7 Å². The third-order valence-electron chi connectivity index (χ3n) is 5.26. The van der Waals surface area contributed by atoms with Crippen molar-refractivity contribution < 1.29 is 18.4 Å². The van der Waals surface area contributed by atoms with Crippen molar-refractivity contribution in [3.63, 3.8) is 0 Å². The van der Waals surface area contributed by atoms with Gasteiger partial charge in [0.25, 0.3) is 5.91 Å². The third-order valence-corrected chi connectivity index (χ3v) is 5.26. The highest BCUT2D eigenvalue weighted by Crippen LogP contribution is 2.22. The number of anilines is 1. The van der Waals surface area contributed by atoms with Crippen molar-refractivity contribution in [2.75, 3.05) is 18.4 Å². The molecule has 31 heavy (non-hydrogen) atoms. The molecule has 0 radical (unpaired) electrons. The lowest BCUT2D eigenvalue weighted by molar-refractivity contribution is -0.121. The number of aromatic nitrogens is 3. The van der Waals surface area contributed by atoms with Crippen molar-refractivity contribution in [3.8, 4) is 0 Å². The zero-order valence-electron chi connectivity index (χ0n) is 16.7. The first-order valence-electron chi connectivity index (χ1n) is 9.98. The van der Waals surface area contributed by atoms with E-state index in [1.807, 2.05) is 18.2 Å². The average Bonchev–Trinajstić information content (AvgIpc) is 3.20. The number of rotatable bonds is 5. The average molecular weight is 425 g/mol. The molecule has 9 heteroatoms. The Morgan fingerprint density at radius 3 is 2.61 bits per heavy atom. The summed E-state index contributed by atoms with van der Waals surface area (Å²) in [6.07, 6.45) is 4.38. The second kappa shape index (κ2) is 9.03. The summed E-state index contributed by atoms with van der Waals surface area (Å²) in [5.74, 6) is -2.10. The van der Waals surface area contributed by atoms with Gasteiger partial charge in [-0.3, -0.25) is 19.3 Å². The van der Waals surface area contributed by atoms with Gasteiger partial charge in [0.2, 0.25) is 5.91 Å². The molecule has 4 rings (SSSR count). The lowest BCUT2D eigenvalue weighted by Crippen LogP contribution is -2.41. The van der Waals surface area contributed by atoms with Crippen molar-refractivity contribution in [2.24, 2.45) is 5.92 Å². The molecule has 0 saturated carbocycles. The quantitative estimate of drug-likeness (QED) is 0.681. The summed E-state index contributed by atoms with van der Waals surface area (Å²) in [6, 6.07) is 10.3. The highest BCUT2D eigenvalue weighted by molar-refractivity contribution is 5.95. The molecule has 2 aromatic heterocycles. The molecule has 1 aromatic carbocycles. The molecule has 1 saturated heterocycles. The zero-order valence-corrected chi connectivity index (χ0v) is 16.7. The topological polar surface area (TPSA) is 80.1 Å². The van der Waals surface area contributed by atoms with Crippen molar-refractivity contribution in [2.45, 2.75) is 19.4 Å². The Kier molecular flexibility index (Phi) is 6.01. The number of amides is 2. The smallest absolute Gasteiger partial charge is 0.256 e. The molecule has 3 aromatic rings. The summed E-state index contributed by atoms with van der Waals surface area (Å²) in [5, 5.41) is 7.16. The molecular weight excluding hydrogens is 404 g/mol. The maximum atomic E-state index is 13.9. The maximum Gasteiger partial charge on any atom is 0.256 e. The van der Waals surface area contributed by atoms with Crippen molar-refractivity contribution in [1.29, 1.82) is 0 Å². The molecule has 0 bridgehead atoms. The fourth-order valence-electron chi connectivity index (χ4n) is 3.58. The lowest BCUT2D eigenvalue weighted by Gasteiger charge is -2.31. The number of piperidine rings is 1. The van der Waals surface area contributed by atoms with Crippen LogP contribution in [0.1, 0.15) is 28.9 Å². The molecule has 3 heterocycles. The monoisotopic (exact) mass is 425 g/mol. The van der Waals surface area contributed by atoms with Gasteiger partial charge in [0.1, 0.15) is 11.6 Å². The minimum absolute atomic E-state index is 0.164. The van der Waals surface area contributed by atoms with Gasteiger partial charge in [-0.25, -0.2) is 8.78 Å². The summed E-state index contributed by atoms with van der Waals surface area (Å²) in [6.45, 7) is 1.14. The van der Waals surface area contributed by atoms with Crippen LogP contribution in [0, 0.1) is 17.6 Å². The van der Waals surface area contributed by atoms with Crippen LogP contribution < -0.4 is 5.32 Å². The van der Waals surface area contributed by atoms with Gasteiger partial charge in [0.15, 0.2) is 5.82 Å². The molecule has 1 N–H and O–H groups in total. The number of carbonyl (C=O) groups is 2. The molecule has 0 atom stereocenters. The van der Waals surface area contributed by atoms with Crippen LogP contribution in [-0.2, 0) is 11.3 Å². The van der Waals surface area contributed by atoms with Gasteiger partial charge in [-0.1, -0.05) is 6.07 Å². The normalized spacial score (nSPS) is 14.5. The van der Waals surface area contributed by atoms with E-state index in [1.54, 1.807) is 23.1 Å². The van der Waals surface area contributed by atoms with E-state index in [4.69, 9.17) is 0 Å². The van der Waals surface area contributed by atoms with E-state index < -0.39 is 17.5 Å². The first kappa shape index (κ1) is 20.6. The van der Waals surface area contributed by atoms with E-state index in [0.29, 0.717) is 44.4 Å². The third kappa shape index (κ3) is 4.93. The minimum Gasteiger partial charge on any atom is -0.339 e. The predicted molar refractivity (Wildman–Crippen MR) is 109 cm³/mol. The Bertz CT molecular complexity index is 1080. The van der Waals surface area contributed by atoms with Crippen molar-refractivity contribution in [3.05, 3.63) is 77.8 Å². The van der Waals surface area contributed by atoms with E-state index >= 15 is 0 Å². The Morgan fingerprint density at radius 2 is 1.90 bits per heavy atom. The van der Waals surface area contributed by atoms with Crippen LogP contribution in [-0.4, -0.2) is 44.6 Å². The number of pyridine rings is 1. The fraction of sp³-hybridized carbons (Fsp3) is 0.273. The number of nitrogens with zero attached hydrogens (tertiary/aromatic N) is 4. The van der Waals surface area contributed by atoms with E-state index in [2.05, 4.69) is 15.4 Å². The van der Waals surface area contributed by atoms with E-state index in [-0.39, 0.29) is 17.4 Å². The summed E-state index contributed by atoms with van der Waals surface area (Å²) in [4.78, 5) is 30.8. The number of nitrogens with one attached hydrogen (secondary N) is 1. The van der Waals surface area contributed by atoms with Crippen LogP contribution in [0.4, 0.5) is 14.6 Å². The second-order valence-corrected chi connectivity index (χ2v) is 7.40. The zero-order chi connectivity index (χ0) is 21.8. The summed E-state index contributed by atoms with van der Waals surface area (Å²) in [5.41, 5.74) is 0.695. The Morgan fingerprint density at radius 1 is 1.10 bits per heavy atom. The first-order chi connectivity index (χ1) is 15.0. The highest BCUT2D eigenvalue weighted by atomic mass is 19.1. The predicted octanol–water partition coefficient (Wildman–Crippen LogP) is 3.10. The van der Waals surface area contributed by atoms with Crippen LogP contribution >= 0.6 is 0 Å². The molecule has 0 aliphatic carbocycles. The lowest BCUT2D eigenvalue weighted by atomic mass is 9.95. The molecule has 1 aliphatic rings. The van der Waals surface area contributed by atoms with Gasteiger partial charge in [-0.2, -0.15) is 5.10 Å². The number of hydrogen-bond acceptors (Lipinski definition) is 4. The SMILES string of the molecule is O=C(Nc1ccn(Cc2ccccn2)n1)C1CCN(C(=O)c2ccc(F)cc2F)CC1. The molecule has 2 amide bonds. The second-order valence-electron chi connectivity index (χ2n) is 7.40. The van der Waals surface area contributed by atoms with E-state index in [9.17, 15) is 18.4 Å². The molecule has 0 unspecified atom stereocenters. The van der Waals surface area contributed by atoms with Gasteiger partial charge in [0, 0.05) is 43.5 Å². The Labute approximate surface area is 177 Å². The number of likely N-dealkylation sites (tertiary alicyclic amines) is 1. The highest BCUT2D eigenvalue weighted by Gasteiger charge is 2.29. The van der Waals surface area contributed by atoms with Crippen LogP contribution in [0.15, 0.2) is 54.9 Å². The number of halogens is 2. The number of hydrogen-bond donors (Lipinski definition) is 1.